The van der Waals surface area contributed by atoms with Gasteiger partial charge in [-0.2, -0.15) is 0 Å². The number of nitrogens with zero attached hydrogens (tertiary/aromatic N) is 1. The normalized spacial score (nSPS) is 21.9. The first-order valence-electron chi connectivity index (χ1n) is 11.4. The predicted molar refractivity (Wildman–Crippen MR) is 125 cm³/mol. The number of ketones is 1. The van der Waals surface area contributed by atoms with E-state index in [1.54, 1.807) is 32.9 Å². The Bertz CT molecular complexity index is 1120. The van der Waals surface area contributed by atoms with Crippen LogP contribution in [0.1, 0.15) is 44.2 Å². The van der Waals surface area contributed by atoms with Crippen molar-refractivity contribution in [2.45, 2.75) is 40.0 Å². The van der Waals surface area contributed by atoms with E-state index in [0.29, 0.717) is 35.5 Å². The van der Waals surface area contributed by atoms with Crippen LogP contribution < -0.4 is 5.32 Å². The van der Waals surface area contributed by atoms with Gasteiger partial charge in [0.25, 0.3) is 5.69 Å². The number of Topliss-reactive ketones (excluding diaryl/α,β-unsaturated/α-hetero) is 1. The van der Waals surface area contributed by atoms with E-state index < -0.39 is 34.5 Å². The number of carbonyl (C=O) groups excluding carboxylic acids is 3. The maximum absolute atomic E-state index is 13.7. The van der Waals surface area contributed by atoms with Crippen molar-refractivity contribution in [3.05, 3.63) is 62.0 Å². The van der Waals surface area contributed by atoms with E-state index in [-0.39, 0.29) is 36.0 Å². The minimum Gasteiger partial charge on any atom is -0.468 e. The fraction of sp³-hybridized carbons (Fsp3) is 0.480. The summed E-state index contributed by atoms with van der Waals surface area (Å²) in [5, 5.41) is 14.8. The largest absolute Gasteiger partial charge is 0.468 e. The van der Waals surface area contributed by atoms with E-state index in [0.717, 1.165) is 0 Å². The molecule has 1 heterocycles. The van der Waals surface area contributed by atoms with Gasteiger partial charge in [-0.1, -0.05) is 19.1 Å². The first kappa shape index (κ1) is 26.1. The highest BCUT2D eigenvalue weighted by Crippen LogP contribution is 2.46. The summed E-state index contributed by atoms with van der Waals surface area (Å²) in [5.74, 6) is -4.13. The lowest BCUT2D eigenvalue weighted by molar-refractivity contribution is -0.385. The molecule has 1 aromatic rings. The van der Waals surface area contributed by atoms with Crippen LogP contribution in [0.25, 0.3) is 0 Å². The minimum atomic E-state index is -1.04. The Morgan fingerprint density at radius 2 is 1.94 bits per heavy atom. The van der Waals surface area contributed by atoms with Crippen molar-refractivity contribution in [3.63, 3.8) is 0 Å². The number of dihydropyridines is 1. The summed E-state index contributed by atoms with van der Waals surface area (Å²) in [6, 6.07) is 4.61. The van der Waals surface area contributed by atoms with Gasteiger partial charge in [0.1, 0.15) is 12.5 Å². The fourth-order valence-corrected chi connectivity index (χ4v) is 4.70. The topological polar surface area (TPSA) is 134 Å². The van der Waals surface area contributed by atoms with Crippen LogP contribution in [0.2, 0.25) is 0 Å². The first-order valence-corrected chi connectivity index (χ1v) is 11.4. The smallest absolute Gasteiger partial charge is 0.336 e. The van der Waals surface area contributed by atoms with E-state index in [4.69, 9.17) is 14.2 Å². The third-order valence-corrected chi connectivity index (χ3v) is 6.39. The molecule has 0 saturated carbocycles. The second-order valence-corrected chi connectivity index (χ2v) is 8.67. The summed E-state index contributed by atoms with van der Waals surface area (Å²) in [6.07, 6.45) is 0.370. The highest BCUT2D eigenvalue weighted by molar-refractivity contribution is 6.12. The number of rotatable bonds is 8. The molecular formula is C25H30N2O8. The summed E-state index contributed by atoms with van der Waals surface area (Å²) < 4.78 is 15.5. The highest BCUT2D eigenvalue weighted by Gasteiger charge is 2.47. The summed E-state index contributed by atoms with van der Waals surface area (Å²) in [7, 11) is 1.22. The molecule has 1 aliphatic heterocycles. The van der Waals surface area contributed by atoms with Crippen LogP contribution in [0.5, 0.6) is 0 Å². The van der Waals surface area contributed by atoms with Crippen LogP contribution in [-0.4, -0.2) is 49.6 Å². The zero-order valence-corrected chi connectivity index (χ0v) is 20.5. The summed E-state index contributed by atoms with van der Waals surface area (Å²) in [4.78, 5) is 50.5. The minimum absolute atomic E-state index is 0.00584. The maximum Gasteiger partial charge on any atom is 0.336 e. The Labute approximate surface area is 203 Å². The van der Waals surface area contributed by atoms with Crippen molar-refractivity contribution in [1.82, 2.24) is 5.32 Å². The zero-order valence-electron chi connectivity index (χ0n) is 20.5. The number of ether oxygens (including phenoxy) is 3. The highest BCUT2D eigenvalue weighted by atomic mass is 16.6. The van der Waals surface area contributed by atoms with Crippen LogP contribution in [0.4, 0.5) is 5.69 Å². The van der Waals surface area contributed by atoms with Crippen molar-refractivity contribution in [3.8, 4) is 0 Å². The van der Waals surface area contributed by atoms with Gasteiger partial charge < -0.3 is 19.5 Å². The third kappa shape index (κ3) is 5.12. The van der Waals surface area contributed by atoms with Crippen LogP contribution in [-0.2, 0) is 28.6 Å². The fourth-order valence-electron chi connectivity index (χ4n) is 4.70. The summed E-state index contributed by atoms with van der Waals surface area (Å²) in [5.41, 5.74) is 2.14. The van der Waals surface area contributed by atoms with Crippen LogP contribution in [0.3, 0.4) is 0 Å². The number of esters is 2. The molecule has 0 saturated heterocycles. The van der Waals surface area contributed by atoms with Gasteiger partial charge in [-0.25, -0.2) is 4.79 Å². The summed E-state index contributed by atoms with van der Waals surface area (Å²) >= 11 is 0. The van der Waals surface area contributed by atoms with E-state index >= 15 is 0 Å². The summed E-state index contributed by atoms with van der Waals surface area (Å²) in [6.45, 7) is 7.59. The molecule has 1 aliphatic carbocycles. The van der Waals surface area contributed by atoms with Crippen LogP contribution in [0.15, 0.2) is 40.7 Å². The lowest BCUT2D eigenvalue weighted by Gasteiger charge is -2.38. The van der Waals surface area contributed by atoms with E-state index in [9.17, 15) is 24.5 Å². The molecule has 0 aromatic heterocycles. The van der Waals surface area contributed by atoms with Crippen molar-refractivity contribution in [2.75, 3.05) is 26.9 Å². The molecule has 1 aromatic carbocycles. The number of nitro groups is 1. The van der Waals surface area contributed by atoms with Crippen molar-refractivity contribution in [2.24, 2.45) is 11.8 Å². The van der Waals surface area contributed by atoms with Gasteiger partial charge in [-0.15, -0.1) is 0 Å². The molecule has 3 atom stereocenters. The number of nitrogens with one attached hydrogen (secondary N) is 1. The van der Waals surface area contributed by atoms with E-state index in [1.807, 2.05) is 6.92 Å². The van der Waals surface area contributed by atoms with Gasteiger partial charge in [0, 0.05) is 41.1 Å². The molecule has 0 unspecified atom stereocenters. The van der Waals surface area contributed by atoms with Gasteiger partial charge in [-0.3, -0.25) is 19.7 Å². The lowest BCUT2D eigenvalue weighted by Crippen LogP contribution is -2.43. The second kappa shape index (κ2) is 10.8. The molecule has 35 heavy (non-hydrogen) atoms. The molecule has 1 N–H and O–H groups in total. The number of benzene rings is 1. The number of methoxy groups -OCH3 is 1. The maximum atomic E-state index is 13.7. The monoisotopic (exact) mass is 486 g/mol. The lowest BCUT2D eigenvalue weighted by atomic mass is 9.69. The molecule has 3 rings (SSSR count). The standard InChI is InChI=1S/C25H30N2O8/c1-6-34-9-10-35-25(30)20-15(4)26-17-11-14(3)19(24(29)33-5)23(28)22(17)21(20)16-8-7-13(2)18(12-16)27(31)32/h7-8,12,14,19,21,26H,6,9-11H2,1-5H3/t14-,19-,21-/m1/s1. The zero-order chi connectivity index (χ0) is 25.9. The number of nitro benzene ring substituents is 1. The Morgan fingerprint density at radius 1 is 1.23 bits per heavy atom. The molecule has 10 heteroatoms. The van der Waals surface area contributed by atoms with Gasteiger partial charge in [0.05, 0.1) is 24.2 Å². The van der Waals surface area contributed by atoms with Crippen LogP contribution >= 0.6 is 0 Å². The van der Waals surface area contributed by atoms with Crippen molar-refractivity contribution in [1.29, 1.82) is 0 Å². The van der Waals surface area contributed by atoms with Gasteiger partial charge >= 0.3 is 11.9 Å². The molecule has 0 amide bonds. The molecule has 0 bridgehead atoms. The molecule has 0 radical (unpaired) electrons. The number of hydrogen-bond acceptors (Lipinski definition) is 9. The predicted octanol–water partition coefficient (Wildman–Crippen LogP) is 3.10. The Morgan fingerprint density at radius 3 is 2.57 bits per heavy atom. The second-order valence-electron chi connectivity index (χ2n) is 8.67. The van der Waals surface area contributed by atoms with Crippen LogP contribution in [0, 0.1) is 28.9 Å². The molecule has 188 valence electrons. The molecular weight excluding hydrogens is 456 g/mol. The quantitative estimate of drug-likeness (QED) is 0.193. The first-order chi connectivity index (χ1) is 16.6. The Balaban J connectivity index is 2.15. The SMILES string of the molecule is CCOCCOC(=O)C1=C(C)NC2=C(C(=O)[C@H](C(=O)OC)[C@H](C)C2)[C@@H]1c1ccc(C)c([N+](=O)[O-])c1. The number of carbonyl (C=O) groups is 3. The van der Waals surface area contributed by atoms with E-state index in [2.05, 4.69) is 5.32 Å². The molecule has 0 fully saturated rings. The van der Waals surface area contributed by atoms with E-state index in [1.165, 1.54) is 13.2 Å². The average Bonchev–Trinajstić information content (AvgIpc) is 2.80. The van der Waals surface area contributed by atoms with Crippen molar-refractivity contribution >= 4 is 23.4 Å². The van der Waals surface area contributed by atoms with Crippen molar-refractivity contribution < 1.29 is 33.5 Å². The Hall–Kier alpha value is -3.53. The Kier molecular flexibility index (Phi) is 8.06. The van der Waals surface area contributed by atoms with Gasteiger partial charge in [0.2, 0.25) is 0 Å². The number of aryl methyl sites for hydroxylation is 1. The number of allylic oxidation sites excluding steroid dienone is 3. The van der Waals surface area contributed by atoms with Gasteiger partial charge in [-0.05, 0) is 38.7 Å². The molecule has 2 aliphatic rings. The number of hydrogen-bond donors (Lipinski definition) is 1. The third-order valence-electron chi connectivity index (χ3n) is 6.39. The average molecular weight is 487 g/mol. The van der Waals surface area contributed by atoms with Gasteiger partial charge in [0.15, 0.2) is 5.78 Å². The molecule has 0 spiro atoms. The molecule has 10 nitrogen and oxygen atoms in total.